The highest BCUT2D eigenvalue weighted by atomic mass is 19.4. The molecule has 0 radical (unpaired) electrons. The fourth-order valence-corrected chi connectivity index (χ4v) is 4.00. The molecule has 3 aromatic rings. The van der Waals surface area contributed by atoms with E-state index in [0.29, 0.717) is 29.8 Å². The van der Waals surface area contributed by atoms with E-state index in [9.17, 15) is 28.0 Å². The van der Waals surface area contributed by atoms with Gasteiger partial charge in [0.1, 0.15) is 11.9 Å². The first-order valence-electron chi connectivity index (χ1n) is 12.8. The normalized spacial score (nSPS) is 11.2. The number of likely N-dealkylation sites (N-methyl/N-ethyl adjacent to an activating group) is 1. The van der Waals surface area contributed by atoms with Gasteiger partial charge >= 0.3 is 12.1 Å². The lowest BCUT2D eigenvalue weighted by Gasteiger charge is -2.30. The Hall–Kier alpha value is -5.18. The van der Waals surface area contributed by atoms with E-state index in [4.69, 9.17) is 21.0 Å². The SMILES string of the molecule is CCC(=O)N(CC)[C@@H](Cc1cccc(C(=N)N)c1)C(=O)Nc1ccc(-c2ccccc2C#N)cc1.O=C(O)C(F)(F)F. The van der Waals surface area contributed by atoms with Crippen LogP contribution in [0.1, 0.15) is 37.0 Å². The summed E-state index contributed by atoms with van der Waals surface area (Å²) in [4.78, 5) is 36.5. The number of nitrogens with one attached hydrogen (secondary N) is 2. The van der Waals surface area contributed by atoms with Crippen LogP contribution in [-0.2, 0) is 20.8 Å². The molecule has 0 saturated carbocycles. The molecule has 0 saturated heterocycles. The van der Waals surface area contributed by atoms with Crippen molar-refractivity contribution in [3.63, 3.8) is 0 Å². The van der Waals surface area contributed by atoms with Gasteiger partial charge in [0.15, 0.2) is 0 Å². The van der Waals surface area contributed by atoms with Crippen LogP contribution in [0.5, 0.6) is 0 Å². The molecule has 0 spiro atoms. The van der Waals surface area contributed by atoms with Gasteiger partial charge in [-0.15, -0.1) is 0 Å². The van der Waals surface area contributed by atoms with Crippen LogP contribution in [0.3, 0.4) is 0 Å². The monoisotopic (exact) mass is 581 g/mol. The standard InChI is InChI=1S/C28H29N5O2.C2HF3O2/c1-3-26(34)33(4-2)25(17-19-8-7-10-21(16-19)27(30)31)28(35)32-23-14-12-20(13-15-23)24-11-6-5-9-22(24)18-29;3-2(4,5)1(6)7/h5-16,25H,3-4,17H2,1-2H3,(H3,30,31)(H,32,35);(H,6,7)/t25-;/m0./s1. The molecular formula is C30H30F3N5O4. The predicted molar refractivity (Wildman–Crippen MR) is 152 cm³/mol. The molecule has 3 rings (SSSR count). The summed E-state index contributed by atoms with van der Waals surface area (Å²) < 4.78 is 31.7. The number of amides is 2. The van der Waals surface area contributed by atoms with Gasteiger partial charge < -0.3 is 21.1 Å². The molecule has 0 aliphatic carbocycles. The lowest BCUT2D eigenvalue weighted by molar-refractivity contribution is -0.192. The van der Waals surface area contributed by atoms with Crippen LogP contribution in [0.25, 0.3) is 11.1 Å². The smallest absolute Gasteiger partial charge is 0.475 e. The van der Waals surface area contributed by atoms with E-state index < -0.39 is 18.2 Å². The lowest BCUT2D eigenvalue weighted by Crippen LogP contribution is -2.48. The van der Waals surface area contributed by atoms with Crippen molar-refractivity contribution in [2.24, 2.45) is 5.73 Å². The second-order valence-electron chi connectivity index (χ2n) is 8.89. The van der Waals surface area contributed by atoms with Crippen LogP contribution < -0.4 is 11.1 Å². The number of carboxylic acids is 1. The first-order chi connectivity index (χ1) is 19.8. The number of benzene rings is 3. The summed E-state index contributed by atoms with van der Waals surface area (Å²) >= 11 is 0. The molecule has 0 aliphatic heterocycles. The van der Waals surface area contributed by atoms with Crippen molar-refractivity contribution in [3.8, 4) is 17.2 Å². The Kier molecular flexibility index (Phi) is 11.8. The Morgan fingerprint density at radius 3 is 2.19 bits per heavy atom. The van der Waals surface area contributed by atoms with Crippen LogP contribution in [0.15, 0.2) is 72.8 Å². The molecule has 0 unspecified atom stereocenters. The van der Waals surface area contributed by atoms with Gasteiger partial charge in [0.05, 0.1) is 11.6 Å². The fourth-order valence-electron chi connectivity index (χ4n) is 4.00. The van der Waals surface area contributed by atoms with Gasteiger partial charge in [-0.05, 0) is 47.9 Å². The summed E-state index contributed by atoms with van der Waals surface area (Å²) in [6.07, 6.45) is -4.50. The molecule has 0 bridgehead atoms. The molecular weight excluding hydrogens is 551 g/mol. The van der Waals surface area contributed by atoms with E-state index in [-0.39, 0.29) is 24.1 Å². The number of nitrogen functional groups attached to an aromatic ring is 1. The molecule has 2 amide bonds. The van der Waals surface area contributed by atoms with Crippen LogP contribution in [-0.4, -0.2) is 52.4 Å². The summed E-state index contributed by atoms with van der Waals surface area (Å²) in [6, 6.07) is 23.2. The van der Waals surface area contributed by atoms with Crippen molar-refractivity contribution < 1.29 is 32.7 Å². The van der Waals surface area contributed by atoms with E-state index in [1.165, 1.54) is 0 Å². The number of anilines is 1. The Bertz CT molecular complexity index is 1470. The number of hydrogen-bond donors (Lipinski definition) is 4. The quantitative estimate of drug-likeness (QED) is 0.207. The van der Waals surface area contributed by atoms with Gasteiger partial charge in [0, 0.05) is 30.6 Å². The molecule has 5 N–H and O–H groups in total. The third-order valence-corrected chi connectivity index (χ3v) is 6.06. The first kappa shape index (κ1) is 33.0. The molecule has 1 atom stereocenters. The molecule has 9 nitrogen and oxygen atoms in total. The Labute approximate surface area is 240 Å². The number of alkyl halides is 3. The number of nitriles is 1. The fraction of sp³-hybridized carbons (Fsp3) is 0.233. The Morgan fingerprint density at radius 2 is 1.67 bits per heavy atom. The number of carbonyl (C=O) groups excluding carboxylic acids is 2. The summed E-state index contributed by atoms with van der Waals surface area (Å²) in [6.45, 7) is 4.01. The average Bonchev–Trinajstić information content (AvgIpc) is 2.97. The van der Waals surface area contributed by atoms with Crippen molar-refractivity contribution >= 4 is 29.3 Å². The van der Waals surface area contributed by atoms with Gasteiger partial charge in [-0.2, -0.15) is 18.4 Å². The predicted octanol–water partition coefficient (Wildman–Crippen LogP) is 4.95. The molecule has 42 heavy (non-hydrogen) atoms. The molecule has 0 fully saturated rings. The van der Waals surface area contributed by atoms with Gasteiger partial charge in [-0.1, -0.05) is 55.5 Å². The molecule has 0 aromatic heterocycles. The van der Waals surface area contributed by atoms with Gasteiger partial charge in [-0.3, -0.25) is 15.0 Å². The number of hydrogen-bond acceptors (Lipinski definition) is 5. The van der Waals surface area contributed by atoms with Crippen LogP contribution in [0.2, 0.25) is 0 Å². The van der Waals surface area contributed by atoms with E-state index in [2.05, 4.69) is 11.4 Å². The average molecular weight is 582 g/mol. The zero-order chi connectivity index (χ0) is 31.4. The van der Waals surface area contributed by atoms with Crippen LogP contribution in [0, 0.1) is 16.7 Å². The number of rotatable bonds is 9. The first-order valence-corrected chi connectivity index (χ1v) is 12.8. The van der Waals surface area contributed by atoms with Crippen LogP contribution >= 0.6 is 0 Å². The zero-order valence-electron chi connectivity index (χ0n) is 22.9. The summed E-state index contributed by atoms with van der Waals surface area (Å²) in [7, 11) is 0. The van der Waals surface area contributed by atoms with Crippen molar-refractivity contribution in [3.05, 3.63) is 89.5 Å². The topological polar surface area (TPSA) is 160 Å². The van der Waals surface area contributed by atoms with Gasteiger partial charge in [0.25, 0.3) is 0 Å². The number of carboxylic acid groups (broad SMARTS) is 1. The molecule has 220 valence electrons. The third kappa shape index (κ3) is 9.19. The minimum Gasteiger partial charge on any atom is -0.475 e. The molecule has 0 heterocycles. The van der Waals surface area contributed by atoms with Gasteiger partial charge in [-0.25, -0.2) is 4.79 Å². The van der Waals surface area contributed by atoms with Crippen molar-refractivity contribution in [2.45, 2.75) is 38.9 Å². The third-order valence-electron chi connectivity index (χ3n) is 6.06. The molecule has 3 aromatic carbocycles. The summed E-state index contributed by atoms with van der Waals surface area (Å²) in [5, 5.41) is 27.1. The maximum Gasteiger partial charge on any atom is 0.490 e. The highest BCUT2D eigenvalue weighted by molar-refractivity contribution is 5.98. The number of nitrogens with two attached hydrogens (primary N) is 1. The summed E-state index contributed by atoms with van der Waals surface area (Å²) in [5.74, 6) is -3.22. The second kappa shape index (κ2) is 15.0. The number of nitrogens with zero attached hydrogens (tertiary/aromatic N) is 2. The lowest BCUT2D eigenvalue weighted by atomic mass is 9.99. The maximum atomic E-state index is 13.4. The van der Waals surface area contributed by atoms with Crippen LogP contribution in [0.4, 0.5) is 18.9 Å². The van der Waals surface area contributed by atoms with Crippen molar-refractivity contribution in [1.29, 1.82) is 10.7 Å². The highest BCUT2D eigenvalue weighted by Crippen LogP contribution is 2.25. The second-order valence-corrected chi connectivity index (χ2v) is 8.89. The Balaban J connectivity index is 0.000000782. The largest absolute Gasteiger partial charge is 0.490 e. The van der Waals surface area contributed by atoms with E-state index in [1.54, 1.807) is 48.2 Å². The highest BCUT2D eigenvalue weighted by Gasteiger charge is 2.38. The molecule has 12 heteroatoms. The van der Waals surface area contributed by atoms with Gasteiger partial charge in [0.2, 0.25) is 11.8 Å². The van der Waals surface area contributed by atoms with Crippen molar-refractivity contribution in [2.75, 3.05) is 11.9 Å². The minimum absolute atomic E-state index is 0.0529. The van der Waals surface area contributed by atoms with Crippen molar-refractivity contribution in [1.82, 2.24) is 4.90 Å². The number of halogens is 3. The van der Waals surface area contributed by atoms with E-state index in [1.807, 2.05) is 43.3 Å². The minimum atomic E-state index is -5.08. The van der Waals surface area contributed by atoms with E-state index in [0.717, 1.165) is 16.7 Å². The van der Waals surface area contributed by atoms with E-state index >= 15 is 0 Å². The number of amidine groups is 1. The zero-order valence-corrected chi connectivity index (χ0v) is 22.9. The molecule has 0 aliphatic rings. The Morgan fingerprint density at radius 1 is 1.05 bits per heavy atom. The number of carbonyl (C=O) groups is 3. The summed E-state index contributed by atoms with van der Waals surface area (Å²) in [5.41, 5.74) is 9.86. The maximum absolute atomic E-state index is 13.4. The number of aliphatic carboxylic acids is 1.